The lowest BCUT2D eigenvalue weighted by atomic mass is 9.89. The van der Waals surface area contributed by atoms with Crippen molar-refractivity contribution in [2.45, 2.75) is 181 Å². The highest BCUT2D eigenvalue weighted by Crippen LogP contribution is 2.51. The number of hydrogen-bond acceptors (Lipinski definition) is 30. The third-order valence-corrected chi connectivity index (χ3v) is 24.2. The lowest BCUT2D eigenvalue weighted by Gasteiger charge is -2.41. The monoisotopic (exact) mass is 1810 g/mol. The van der Waals surface area contributed by atoms with Crippen LogP contribution in [0.5, 0.6) is 69.0 Å². The summed E-state index contributed by atoms with van der Waals surface area (Å²) < 4.78 is 50.0. The predicted octanol–water partition coefficient (Wildman–Crippen LogP) is 3.72. The minimum atomic E-state index is -2.43. The molecule has 0 unspecified atom stereocenters. The second kappa shape index (κ2) is 39.8. The van der Waals surface area contributed by atoms with E-state index in [2.05, 4.69) is 49.5 Å². The Kier molecular flexibility index (Phi) is 28.7. The third-order valence-electron chi connectivity index (χ3n) is 23.5. The standard InChI is InChI=1S/C88H98Cl2N10O28/c1-5-6-7-8-9-10-11-12-13-61(106)93-70-73(109)75(111)78(86(120)121-4)128-87(70)127-77-58-32-43-33-59(77)124-55-23-18-42(30-50(55)89)71(107)69-84(118)97-68(85(119)100-26-24-99(3)25-27-100)48-34-44(102)35-57(125-88-76(112)74(110)72(108)60(38-101)126-88)62(48)47-29-40(16-21-52(47)103)65(81(115)98-69)94-82(116)66(43)95-83(117)67-49-36-46(37-54(105)63(49)90)123-56-31-41(17-22-53(56)104)64(91-2)80(114)92-51(79(113)96-67)28-39-14-19-45(122-58)20-15-39/h14-23,29-37,51,60,64-76,78,87-88,91,101-105,107-112H,5-13,24-28,38H2,1-4H3,(H,92,114)(H,93,106)(H,94,116)(H,95,117)(H,96,113)(H,97,118)(H,98,115)/t51-,60-,64-,65-,66-,67+,68-,69+,70-,71-,72-,73-,74+,75+,76+,78+,87-,88+/m1/s1. The van der Waals surface area contributed by atoms with Crippen LogP contribution in [-0.4, -0.2) is 247 Å². The highest BCUT2D eigenvalue weighted by atomic mass is 35.5. The Bertz CT molecular complexity index is 5370. The van der Waals surface area contributed by atoms with Crippen LogP contribution < -0.4 is 66.2 Å². The SMILES string of the molecule is CCCCCCCCCCC(=O)N[C@H]1[C@H](Oc2c3cc4cc2Oc2ccc(cc2Cl)[C@@H](O)[C@@H]2NC(=O)[C@H](NC(=O)[C@@H]4NC(=O)[C@H]4NC(=O)[C@@H](Cc5ccc(cc5)O3)NC(=O)[C@H](NC)c3ccc(O)c(c3)Oc3cc(O)c(Cl)c4c3)c3ccc(O)c(c3)-c3c(O[C@H]4O[C@H](CO)[C@@H](O)[C@H](O)[C@@H]4O)cc(O)cc3[C@H](C(=O)N3CCN(C)CC3)NC2=O)O[C@H](C(=O)OC)[C@@H](O)[C@@H]1O. The Morgan fingerprint density at radius 2 is 1.19 bits per heavy atom. The molecule has 7 aromatic carbocycles. The Balaban J connectivity index is 1.000. The van der Waals surface area contributed by atoms with Crippen molar-refractivity contribution >= 4 is 76.4 Å². The molecule has 128 heavy (non-hydrogen) atoms. The summed E-state index contributed by atoms with van der Waals surface area (Å²) in [6.07, 6.45) is -14.2. The largest absolute Gasteiger partial charge is 0.508 e. The fourth-order valence-corrected chi connectivity index (χ4v) is 16.8. The van der Waals surface area contributed by atoms with Crippen LogP contribution in [0, 0.1) is 0 Å². The highest BCUT2D eigenvalue weighted by molar-refractivity contribution is 6.33. The molecule has 9 aliphatic heterocycles. The minimum absolute atomic E-state index is 0.0201. The van der Waals surface area contributed by atoms with Gasteiger partial charge in [-0.3, -0.25) is 38.4 Å². The number of methoxy groups -OCH3 is 1. The fourth-order valence-electron chi connectivity index (χ4n) is 16.4. The van der Waals surface area contributed by atoms with E-state index in [1.54, 1.807) is 7.05 Å². The van der Waals surface area contributed by atoms with Gasteiger partial charge in [-0.2, -0.15) is 0 Å². The van der Waals surface area contributed by atoms with Crippen LogP contribution in [-0.2, 0) is 63.8 Å². The van der Waals surface area contributed by atoms with Gasteiger partial charge in [-0.25, -0.2) is 4.79 Å². The number of nitrogens with one attached hydrogen (secondary N) is 8. The van der Waals surface area contributed by atoms with Crippen LogP contribution >= 0.6 is 23.2 Å². The Morgan fingerprint density at radius 3 is 1.88 bits per heavy atom. The van der Waals surface area contributed by atoms with Gasteiger partial charge in [0.05, 0.1) is 23.8 Å². The van der Waals surface area contributed by atoms with Gasteiger partial charge in [0.15, 0.2) is 29.1 Å². The summed E-state index contributed by atoms with van der Waals surface area (Å²) in [6, 6.07) is 6.32. The zero-order valence-electron chi connectivity index (χ0n) is 69.5. The van der Waals surface area contributed by atoms with E-state index in [9.17, 15) is 70.6 Å². The van der Waals surface area contributed by atoms with Gasteiger partial charge in [0, 0.05) is 67.8 Å². The molecule has 7 aromatic rings. The van der Waals surface area contributed by atoms with Crippen LogP contribution in [0.1, 0.15) is 140 Å². The Hall–Kier alpha value is -11.9. The van der Waals surface area contributed by atoms with Crippen molar-refractivity contribution in [2.75, 3.05) is 54.0 Å². The lowest BCUT2D eigenvalue weighted by molar-refractivity contribution is -0.277. The number of amides is 8. The van der Waals surface area contributed by atoms with E-state index in [1.807, 2.05) is 4.90 Å². The van der Waals surface area contributed by atoms with E-state index in [1.165, 1.54) is 60.5 Å². The number of rotatable bonds is 18. The zero-order chi connectivity index (χ0) is 91.4. The number of likely N-dealkylation sites (N-methyl/N-ethyl adjacent to an activating group) is 2. The molecular weight excluding hydrogens is 1720 g/mol. The lowest BCUT2D eigenvalue weighted by Crippen LogP contribution is -2.66. The number of nitrogens with zero attached hydrogens (tertiary/aromatic N) is 2. The maximum atomic E-state index is 16.9. The number of aliphatic hydroxyl groups excluding tert-OH is 7. The quantitative estimate of drug-likeness (QED) is 0.0430. The molecular formula is C88H98Cl2N10O28. The van der Waals surface area contributed by atoms with Crippen molar-refractivity contribution in [3.8, 4) is 80.1 Å². The summed E-state index contributed by atoms with van der Waals surface area (Å²) in [5, 5.41) is 149. The van der Waals surface area contributed by atoms with Gasteiger partial charge in [0.2, 0.25) is 65.6 Å². The number of carbonyl (C=O) groups excluding carboxylic acids is 9. The van der Waals surface area contributed by atoms with Crippen molar-refractivity contribution in [1.82, 2.24) is 52.3 Å². The van der Waals surface area contributed by atoms with Crippen molar-refractivity contribution < 1.29 is 137 Å². The molecule has 9 heterocycles. The van der Waals surface area contributed by atoms with Crippen molar-refractivity contribution in [1.29, 1.82) is 0 Å². The number of piperazine rings is 1. The van der Waals surface area contributed by atoms with E-state index in [-0.39, 0.29) is 61.0 Å². The summed E-state index contributed by atoms with van der Waals surface area (Å²) in [5.41, 5.74) is -2.46. The second-order valence-electron chi connectivity index (χ2n) is 32.2. The van der Waals surface area contributed by atoms with Crippen LogP contribution in [0.4, 0.5) is 0 Å². The number of esters is 1. The third kappa shape index (κ3) is 19.9. The molecule has 682 valence electrons. The first-order valence-electron chi connectivity index (χ1n) is 41.7. The average Bonchev–Trinajstić information content (AvgIpc) is 0.536. The number of fused-ring (bicyclic) bond motifs is 14. The number of phenolic OH excluding ortho intramolecular Hbond substituents is 4. The smallest absolute Gasteiger partial charge is 0.337 e. The van der Waals surface area contributed by atoms with Crippen LogP contribution in [0.25, 0.3) is 11.1 Å². The number of carbonyl (C=O) groups is 9. The van der Waals surface area contributed by atoms with Gasteiger partial charge in [-0.15, -0.1) is 0 Å². The number of aromatic hydroxyl groups is 4. The first kappa shape index (κ1) is 92.3. The molecule has 0 aliphatic carbocycles. The summed E-state index contributed by atoms with van der Waals surface area (Å²) in [6.45, 7) is 1.75. The average molecular weight is 1810 g/mol. The minimum Gasteiger partial charge on any atom is -0.508 e. The number of unbranched alkanes of at least 4 members (excludes halogenated alkanes) is 7. The first-order valence-corrected chi connectivity index (χ1v) is 42.4. The number of halogens is 2. The van der Waals surface area contributed by atoms with Gasteiger partial charge in [-0.1, -0.05) is 105 Å². The van der Waals surface area contributed by atoms with Gasteiger partial charge >= 0.3 is 5.97 Å². The molecule has 16 rings (SSSR count). The first-order chi connectivity index (χ1) is 61.3. The molecule has 17 bridgehead atoms. The van der Waals surface area contributed by atoms with Crippen molar-refractivity contribution in [3.63, 3.8) is 0 Å². The second-order valence-corrected chi connectivity index (χ2v) is 33.0. The molecule has 3 fully saturated rings. The van der Waals surface area contributed by atoms with Crippen LogP contribution in [0.3, 0.4) is 0 Å². The molecule has 38 nitrogen and oxygen atoms in total. The number of hydrogen-bond donors (Lipinski definition) is 19. The zero-order valence-corrected chi connectivity index (χ0v) is 71.0. The maximum Gasteiger partial charge on any atom is 0.337 e. The van der Waals surface area contributed by atoms with E-state index in [0.29, 0.717) is 18.4 Å². The van der Waals surface area contributed by atoms with E-state index in [0.717, 1.165) is 112 Å². The highest BCUT2D eigenvalue weighted by Gasteiger charge is 2.52. The van der Waals surface area contributed by atoms with Gasteiger partial charge in [0.25, 0.3) is 0 Å². The maximum absolute atomic E-state index is 16.9. The summed E-state index contributed by atoms with van der Waals surface area (Å²) in [7, 11) is 4.20. The summed E-state index contributed by atoms with van der Waals surface area (Å²) >= 11 is 14.4. The Labute approximate surface area is 741 Å². The molecule has 18 atom stereocenters. The van der Waals surface area contributed by atoms with Gasteiger partial charge in [0.1, 0.15) is 131 Å². The van der Waals surface area contributed by atoms with Crippen LogP contribution in [0.15, 0.2) is 115 Å². The Morgan fingerprint density at radius 1 is 0.547 bits per heavy atom. The van der Waals surface area contributed by atoms with E-state index >= 15 is 28.8 Å². The number of phenols is 4. The topological polar surface area (TPSA) is 553 Å². The number of aliphatic hydroxyl groups is 7. The molecule has 40 heteroatoms. The molecule has 8 amide bonds. The normalized spacial score (nSPS) is 26.6. The van der Waals surface area contributed by atoms with Crippen LogP contribution in [0.2, 0.25) is 10.0 Å². The summed E-state index contributed by atoms with van der Waals surface area (Å²) in [4.78, 5) is 143. The fraction of sp³-hybridized carbons (Fsp3) is 0.420. The molecule has 0 saturated carbocycles. The number of ether oxygens (including phenoxy) is 8. The molecule has 0 aromatic heterocycles. The molecule has 0 radical (unpaired) electrons. The van der Waals surface area contributed by atoms with Crippen molar-refractivity contribution in [2.24, 2.45) is 0 Å². The summed E-state index contributed by atoms with van der Waals surface area (Å²) in [5.74, 6) is -16.8. The molecule has 9 aliphatic rings. The number of benzene rings is 7. The van der Waals surface area contributed by atoms with Gasteiger partial charge < -0.3 is 146 Å². The molecule has 0 spiro atoms. The van der Waals surface area contributed by atoms with Gasteiger partial charge in [-0.05, 0) is 127 Å². The van der Waals surface area contributed by atoms with E-state index in [4.69, 9.17) is 61.1 Å². The molecule has 19 N–H and O–H groups in total. The van der Waals surface area contributed by atoms with Crippen molar-refractivity contribution in [3.05, 3.63) is 164 Å². The van der Waals surface area contributed by atoms with E-state index < -0.39 is 271 Å². The molecule has 3 saturated heterocycles. The predicted molar refractivity (Wildman–Crippen MR) is 450 cm³/mol.